The molecular weight excluding hydrogens is 252 g/mol. The van der Waals surface area contributed by atoms with Crippen molar-refractivity contribution in [2.75, 3.05) is 0 Å². The Morgan fingerprint density at radius 2 is 1.84 bits per heavy atom. The first-order valence-electron chi connectivity index (χ1n) is 7.52. The summed E-state index contributed by atoms with van der Waals surface area (Å²) in [5.41, 5.74) is 1.59. The summed E-state index contributed by atoms with van der Waals surface area (Å²) in [4.78, 5) is 0. The van der Waals surface area contributed by atoms with Crippen LogP contribution in [0.4, 0.5) is 0 Å². The molecule has 1 aliphatic rings. The monoisotopic (exact) mass is 278 g/mol. The molecule has 0 aliphatic heterocycles. The Labute approximate surface area is 123 Å². The zero-order chi connectivity index (χ0) is 14.3. The van der Waals surface area contributed by atoms with E-state index in [2.05, 4.69) is 32.1 Å². The lowest BCUT2D eigenvalue weighted by molar-refractivity contribution is 0.234. The summed E-state index contributed by atoms with van der Waals surface area (Å²) in [5.74, 6) is 0.905. The van der Waals surface area contributed by atoms with E-state index >= 15 is 0 Å². The number of benzene rings is 1. The zero-order valence-corrected chi connectivity index (χ0v) is 13.5. The standard InChI is InChI=1S/C16H21Cl.C2H6/c1-13-6-9-16(2,10-7-13)11-8-14-4-3-5-15(17)12-14;1-2/h3-5,8,11-13H,6-7,9-10H2,1-2H3;1-2H3/b11-8+;. The van der Waals surface area contributed by atoms with Gasteiger partial charge in [0.2, 0.25) is 0 Å². The number of rotatable bonds is 2. The Morgan fingerprint density at radius 3 is 2.42 bits per heavy atom. The van der Waals surface area contributed by atoms with Gasteiger partial charge in [0.25, 0.3) is 0 Å². The van der Waals surface area contributed by atoms with Gasteiger partial charge in [-0.1, -0.05) is 63.6 Å². The highest BCUT2D eigenvalue weighted by Crippen LogP contribution is 2.39. The third-order valence-electron chi connectivity index (χ3n) is 3.94. The molecule has 0 aromatic heterocycles. The second-order valence-electron chi connectivity index (χ2n) is 5.72. The molecule has 1 fully saturated rings. The van der Waals surface area contributed by atoms with E-state index in [4.69, 9.17) is 11.6 Å². The fourth-order valence-electron chi connectivity index (χ4n) is 2.50. The van der Waals surface area contributed by atoms with Gasteiger partial charge in [0, 0.05) is 5.02 Å². The van der Waals surface area contributed by atoms with Crippen molar-refractivity contribution in [3.63, 3.8) is 0 Å². The van der Waals surface area contributed by atoms with Crippen LogP contribution in [-0.2, 0) is 0 Å². The van der Waals surface area contributed by atoms with Crippen LogP contribution < -0.4 is 0 Å². The van der Waals surface area contributed by atoms with E-state index < -0.39 is 0 Å². The first-order valence-corrected chi connectivity index (χ1v) is 7.90. The van der Waals surface area contributed by atoms with E-state index in [0.717, 1.165) is 10.9 Å². The second-order valence-corrected chi connectivity index (χ2v) is 6.16. The third kappa shape index (κ3) is 5.40. The average molecular weight is 279 g/mol. The van der Waals surface area contributed by atoms with Crippen molar-refractivity contribution >= 4 is 17.7 Å². The summed E-state index contributed by atoms with van der Waals surface area (Å²) in [6.07, 6.45) is 9.94. The minimum atomic E-state index is 0.384. The van der Waals surface area contributed by atoms with Gasteiger partial charge in [0.15, 0.2) is 0 Å². The normalized spacial score (nSPS) is 26.9. The Balaban J connectivity index is 0.000000861. The molecule has 1 aromatic rings. The highest BCUT2D eigenvalue weighted by molar-refractivity contribution is 6.30. The first kappa shape index (κ1) is 16.3. The molecule has 0 unspecified atom stereocenters. The Kier molecular flexibility index (Phi) is 6.65. The van der Waals surface area contributed by atoms with Gasteiger partial charge in [0.1, 0.15) is 0 Å². The van der Waals surface area contributed by atoms with Gasteiger partial charge >= 0.3 is 0 Å². The highest BCUT2D eigenvalue weighted by Gasteiger charge is 2.26. The van der Waals surface area contributed by atoms with Crippen molar-refractivity contribution in [2.45, 2.75) is 53.4 Å². The lowest BCUT2D eigenvalue weighted by Gasteiger charge is -2.33. The quantitative estimate of drug-likeness (QED) is 0.572. The maximum absolute atomic E-state index is 5.99. The zero-order valence-electron chi connectivity index (χ0n) is 12.7. The third-order valence-corrected chi connectivity index (χ3v) is 4.18. The molecular formula is C18H27Cl. The van der Waals surface area contributed by atoms with E-state index in [-0.39, 0.29) is 0 Å². The summed E-state index contributed by atoms with van der Waals surface area (Å²) in [6, 6.07) is 8.06. The number of halogens is 1. The average Bonchev–Trinajstić information content (AvgIpc) is 2.43. The predicted molar refractivity (Wildman–Crippen MR) is 87.6 cm³/mol. The molecule has 0 radical (unpaired) electrons. The van der Waals surface area contributed by atoms with E-state index in [0.29, 0.717) is 5.41 Å². The van der Waals surface area contributed by atoms with Crippen molar-refractivity contribution in [3.05, 3.63) is 40.9 Å². The lowest BCUT2D eigenvalue weighted by atomic mass is 9.72. The molecule has 2 rings (SSSR count). The topological polar surface area (TPSA) is 0 Å². The molecule has 0 spiro atoms. The summed E-state index contributed by atoms with van der Waals surface area (Å²) in [5, 5.41) is 0.814. The van der Waals surface area contributed by atoms with Crippen LogP contribution in [0.25, 0.3) is 6.08 Å². The van der Waals surface area contributed by atoms with Crippen LogP contribution in [0.15, 0.2) is 30.3 Å². The maximum Gasteiger partial charge on any atom is 0.0411 e. The molecule has 1 saturated carbocycles. The molecule has 0 amide bonds. The highest BCUT2D eigenvalue weighted by atomic mass is 35.5. The Hall–Kier alpha value is -0.750. The molecule has 0 saturated heterocycles. The van der Waals surface area contributed by atoms with Crippen LogP contribution >= 0.6 is 11.6 Å². The van der Waals surface area contributed by atoms with Crippen LogP contribution in [0.5, 0.6) is 0 Å². The van der Waals surface area contributed by atoms with Gasteiger partial charge in [-0.05, 0) is 54.7 Å². The summed E-state index contributed by atoms with van der Waals surface area (Å²) in [6.45, 7) is 8.74. The summed E-state index contributed by atoms with van der Waals surface area (Å²) in [7, 11) is 0. The molecule has 106 valence electrons. The summed E-state index contributed by atoms with van der Waals surface area (Å²) >= 11 is 5.99. The number of hydrogen-bond acceptors (Lipinski definition) is 0. The largest absolute Gasteiger partial charge is 0.0843 e. The van der Waals surface area contributed by atoms with Crippen LogP contribution in [-0.4, -0.2) is 0 Å². The van der Waals surface area contributed by atoms with E-state index in [1.54, 1.807) is 0 Å². The van der Waals surface area contributed by atoms with E-state index in [1.165, 1.54) is 31.2 Å². The number of allylic oxidation sites excluding steroid dienone is 1. The molecule has 1 heteroatoms. The second kappa shape index (κ2) is 7.75. The SMILES string of the molecule is CC.CC1CCC(C)(/C=C/c2cccc(Cl)c2)CC1. The van der Waals surface area contributed by atoms with Gasteiger partial charge in [-0.15, -0.1) is 0 Å². The minimum Gasteiger partial charge on any atom is -0.0843 e. The van der Waals surface area contributed by atoms with Crippen molar-refractivity contribution < 1.29 is 0 Å². The fraction of sp³-hybridized carbons (Fsp3) is 0.556. The van der Waals surface area contributed by atoms with Crippen molar-refractivity contribution in [2.24, 2.45) is 11.3 Å². The fourth-order valence-corrected chi connectivity index (χ4v) is 2.69. The first-order chi connectivity index (χ1) is 9.07. The maximum atomic E-state index is 5.99. The Morgan fingerprint density at radius 1 is 1.21 bits per heavy atom. The lowest BCUT2D eigenvalue weighted by Crippen LogP contribution is -2.20. The molecule has 0 bridgehead atoms. The molecule has 0 N–H and O–H groups in total. The van der Waals surface area contributed by atoms with Crippen LogP contribution in [0.1, 0.15) is 58.9 Å². The van der Waals surface area contributed by atoms with Crippen molar-refractivity contribution in [1.29, 1.82) is 0 Å². The van der Waals surface area contributed by atoms with Gasteiger partial charge in [-0.25, -0.2) is 0 Å². The minimum absolute atomic E-state index is 0.384. The molecule has 0 heterocycles. The van der Waals surface area contributed by atoms with Crippen LogP contribution in [0, 0.1) is 11.3 Å². The smallest absolute Gasteiger partial charge is 0.0411 e. The predicted octanol–water partition coefficient (Wildman–Crippen LogP) is 6.60. The summed E-state index contributed by atoms with van der Waals surface area (Å²) < 4.78 is 0. The van der Waals surface area contributed by atoms with Crippen LogP contribution in [0.3, 0.4) is 0 Å². The number of hydrogen-bond donors (Lipinski definition) is 0. The van der Waals surface area contributed by atoms with Crippen molar-refractivity contribution in [3.8, 4) is 0 Å². The van der Waals surface area contributed by atoms with Gasteiger partial charge in [0.05, 0.1) is 0 Å². The van der Waals surface area contributed by atoms with Crippen molar-refractivity contribution in [1.82, 2.24) is 0 Å². The van der Waals surface area contributed by atoms with E-state index in [9.17, 15) is 0 Å². The molecule has 19 heavy (non-hydrogen) atoms. The molecule has 0 nitrogen and oxygen atoms in total. The molecule has 1 aromatic carbocycles. The van der Waals surface area contributed by atoms with Gasteiger partial charge < -0.3 is 0 Å². The van der Waals surface area contributed by atoms with Gasteiger partial charge in [-0.3, -0.25) is 0 Å². The van der Waals surface area contributed by atoms with Gasteiger partial charge in [-0.2, -0.15) is 0 Å². The molecule has 0 atom stereocenters. The molecule has 1 aliphatic carbocycles. The Bertz CT molecular complexity index is 398. The van der Waals surface area contributed by atoms with Crippen LogP contribution in [0.2, 0.25) is 5.02 Å². The van der Waals surface area contributed by atoms with E-state index in [1.807, 2.05) is 32.0 Å².